The van der Waals surface area contributed by atoms with Gasteiger partial charge in [0.25, 0.3) is 5.95 Å². The van der Waals surface area contributed by atoms with Crippen LogP contribution in [0.1, 0.15) is 109 Å². The van der Waals surface area contributed by atoms with Gasteiger partial charge in [0, 0.05) is 23.1 Å². The Bertz CT molecular complexity index is 986. The average molecular weight is 455 g/mol. The minimum absolute atomic E-state index is 0.0886. The molecule has 7 atom stereocenters. The van der Waals surface area contributed by atoms with Gasteiger partial charge in [-0.3, -0.25) is 4.79 Å². The van der Waals surface area contributed by atoms with Crippen molar-refractivity contribution in [2.45, 2.75) is 105 Å². The van der Waals surface area contributed by atoms with E-state index < -0.39 is 6.10 Å². The van der Waals surface area contributed by atoms with E-state index in [4.69, 9.17) is 9.15 Å². The Balaban J connectivity index is 1.50. The van der Waals surface area contributed by atoms with Gasteiger partial charge in [-0.1, -0.05) is 53.4 Å². The number of fused-ring (bicyclic) bond motifs is 3. The molecule has 1 heterocycles. The number of Topliss-reactive ketones (excluding diaryl/α,β-unsaturated/α-hetero) is 1. The van der Waals surface area contributed by atoms with Gasteiger partial charge in [-0.25, -0.2) is 0 Å². The number of allylic oxidation sites excluding steroid dienone is 2. The molecule has 4 heteroatoms. The zero-order chi connectivity index (χ0) is 23.7. The topological polar surface area (TPSA) is 59.7 Å². The first kappa shape index (κ1) is 23.2. The highest BCUT2D eigenvalue weighted by atomic mass is 16.6. The number of furan rings is 1. The van der Waals surface area contributed by atoms with E-state index in [1.165, 1.54) is 32.1 Å². The average Bonchev–Trinajstić information content (AvgIpc) is 3.06. The molecule has 1 N–H and O–H groups in total. The van der Waals surface area contributed by atoms with Crippen LogP contribution < -0.4 is 4.74 Å². The van der Waals surface area contributed by atoms with Crippen molar-refractivity contribution in [2.24, 2.45) is 34.5 Å². The summed E-state index contributed by atoms with van der Waals surface area (Å²) < 4.78 is 12.8. The minimum atomic E-state index is -0.576. The smallest absolute Gasteiger partial charge is 0.293 e. The molecular formula is C29H42O4. The number of aliphatic hydroxyl groups excluding tert-OH is 1. The lowest BCUT2D eigenvalue weighted by molar-refractivity contribution is -0.115. The zero-order valence-corrected chi connectivity index (χ0v) is 21.4. The molecule has 2 fully saturated rings. The van der Waals surface area contributed by atoms with E-state index in [9.17, 15) is 9.90 Å². The fraction of sp³-hybridized carbons (Fsp3) is 0.759. The van der Waals surface area contributed by atoms with Crippen LogP contribution in [0.4, 0.5) is 0 Å². The van der Waals surface area contributed by atoms with E-state index in [0.29, 0.717) is 29.5 Å². The van der Waals surface area contributed by atoms with Crippen LogP contribution in [0.15, 0.2) is 15.7 Å². The third-order valence-electron chi connectivity index (χ3n) is 10.8. The monoisotopic (exact) mass is 454 g/mol. The summed E-state index contributed by atoms with van der Waals surface area (Å²) in [5, 5.41) is 11.3. The molecule has 0 radical (unpaired) electrons. The molecular weight excluding hydrogens is 412 g/mol. The number of hydrogen-bond acceptors (Lipinski definition) is 4. The highest BCUT2D eigenvalue weighted by Crippen LogP contribution is 2.58. The van der Waals surface area contributed by atoms with Crippen LogP contribution in [0, 0.1) is 41.4 Å². The van der Waals surface area contributed by atoms with Gasteiger partial charge in [0.2, 0.25) is 0 Å². The molecule has 4 nitrogen and oxygen atoms in total. The maximum atomic E-state index is 12.7. The Labute approximate surface area is 199 Å². The van der Waals surface area contributed by atoms with E-state index in [2.05, 4.69) is 34.6 Å². The van der Waals surface area contributed by atoms with Crippen LogP contribution >= 0.6 is 0 Å². The van der Waals surface area contributed by atoms with Crippen LogP contribution in [0.5, 0.6) is 5.95 Å². The largest absolute Gasteiger partial charge is 0.430 e. The van der Waals surface area contributed by atoms with Crippen molar-refractivity contribution in [3.8, 4) is 5.95 Å². The molecule has 33 heavy (non-hydrogen) atoms. The van der Waals surface area contributed by atoms with Crippen LogP contribution in [0.2, 0.25) is 0 Å². The maximum absolute atomic E-state index is 12.7. The molecule has 4 aliphatic carbocycles. The summed E-state index contributed by atoms with van der Waals surface area (Å²) in [6.07, 6.45) is 9.10. The molecule has 2 saturated carbocycles. The van der Waals surface area contributed by atoms with Gasteiger partial charge in [-0.2, -0.15) is 0 Å². The number of rotatable bonds is 3. The zero-order valence-electron chi connectivity index (χ0n) is 21.4. The van der Waals surface area contributed by atoms with Gasteiger partial charge in [0.1, 0.15) is 17.6 Å². The fourth-order valence-corrected chi connectivity index (χ4v) is 7.91. The van der Waals surface area contributed by atoms with Crippen molar-refractivity contribution in [2.75, 3.05) is 0 Å². The first-order valence-electron chi connectivity index (χ1n) is 13.3. The summed E-state index contributed by atoms with van der Waals surface area (Å²) in [6.45, 7) is 13.1. The molecule has 5 rings (SSSR count). The molecule has 0 bridgehead atoms. The second-order valence-corrected chi connectivity index (χ2v) is 12.4. The van der Waals surface area contributed by atoms with Crippen molar-refractivity contribution in [3.63, 3.8) is 0 Å². The fourth-order valence-electron chi connectivity index (χ4n) is 7.91. The molecule has 1 aromatic rings. The van der Waals surface area contributed by atoms with Crippen LogP contribution in [0.25, 0.3) is 0 Å². The summed E-state index contributed by atoms with van der Waals surface area (Å²) in [4.78, 5) is 12.7. The molecule has 7 unspecified atom stereocenters. The molecule has 0 aliphatic heterocycles. The highest BCUT2D eigenvalue weighted by molar-refractivity contribution is 5.94. The van der Waals surface area contributed by atoms with Crippen LogP contribution in [-0.2, 0) is 11.2 Å². The van der Waals surface area contributed by atoms with E-state index >= 15 is 0 Å². The summed E-state index contributed by atoms with van der Waals surface area (Å²) in [5.41, 5.74) is 3.22. The molecule has 0 amide bonds. The highest BCUT2D eigenvalue weighted by Gasteiger charge is 2.52. The molecule has 0 saturated heterocycles. The lowest BCUT2D eigenvalue weighted by atomic mass is 9.55. The summed E-state index contributed by atoms with van der Waals surface area (Å²) >= 11 is 0. The Hall–Kier alpha value is -1.55. The molecule has 0 spiro atoms. The third-order valence-corrected chi connectivity index (χ3v) is 10.8. The van der Waals surface area contributed by atoms with Crippen molar-refractivity contribution >= 4 is 5.78 Å². The maximum Gasteiger partial charge on any atom is 0.293 e. The van der Waals surface area contributed by atoms with Crippen LogP contribution in [0.3, 0.4) is 0 Å². The lowest BCUT2D eigenvalue weighted by Crippen LogP contribution is -2.45. The summed E-state index contributed by atoms with van der Waals surface area (Å²) in [7, 11) is 0. The van der Waals surface area contributed by atoms with Crippen molar-refractivity contribution in [1.82, 2.24) is 0 Å². The minimum Gasteiger partial charge on any atom is -0.430 e. The Morgan fingerprint density at radius 1 is 1.03 bits per heavy atom. The molecule has 0 aromatic carbocycles. The van der Waals surface area contributed by atoms with E-state index in [1.807, 2.05) is 0 Å². The number of ether oxygens (including phenoxy) is 1. The van der Waals surface area contributed by atoms with E-state index in [-0.39, 0.29) is 22.5 Å². The number of carbonyl (C=O) groups is 1. The van der Waals surface area contributed by atoms with Gasteiger partial charge >= 0.3 is 0 Å². The SMILES string of the molecule is CC(=O)C1=C(Oc2oc3c(c2C)CC2(C)C(C)CCCC2C3O)CC2CCCC(C)C2(C)C1. The quantitative estimate of drug-likeness (QED) is 0.530. The Morgan fingerprint density at radius 2 is 1.70 bits per heavy atom. The molecule has 4 aliphatic rings. The Kier molecular flexibility index (Phi) is 5.63. The standard InChI is InChI=1S/C29H42O4/c1-16-9-7-11-20-13-24(22(19(4)30)15-28(16,20)5)32-27-18(3)21-14-29(6)17(2)10-8-12-23(29)25(31)26(21)33-27/h16-17,20,23,25,31H,7-15H2,1-6H3. The van der Waals surface area contributed by atoms with Gasteiger partial charge in [-0.15, -0.1) is 0 Å². The van der Waals surface area contributed by atoms with E-state index in [1.54, 1.807) is 6.92 Å². The normalized spacial score (nSPS) is 40.6. The predicted octanol–water partition coefficient (Wildman–Crippen LogP) is 7.08. The van der Waals surface area contributed by atoms with E-state index in [0.717, 1.165) is 48.1 Å². The van der Waals surface area contributed by atoms with Gasteiger partial charge < -0.3 is 14.3 Å². The predicted molar refractivity (Wildman–Crippen MR) is 129 cm³/mol. The molecule has 182 valence electrons. The third kappa shape index (κ3) is 3.46. The summed E-state index contributed by atoms with van der Waals surface area (Å²) in [5.74, 6) is 4.09. The number of hydrogen-bond donors (Lipinski definition) is 1. The molecule has 1 aromatic heterocycles. The van der Waals surface area contributed by atoms with Gasteiger partial charge in [0.05, 0.1) is 0 Å². The summed E-state index contributed by atoms with van der Waals surface area (Å²) in [6, 6.07) is 0. The Morgan fingerprint density at radius 3 is 2.39 bits per heavy atom. The van der Waals surface area contributed by atoms with Gasteiger partial charge in [-0.05, 0) is 74.0 Å². The van der Waals surface area contributed by atoms with Crippen LogP contribution in [-0.4, -0.2) is 10.9 Å². The van der Waals surface area contributed by atoms with Crippen molar-refractivity contribution in [1.29, 1.82) is 0 Å². The van der Waals surface area contributed by atoms with Gasteiger partial charge in [0.15, 0.2) is 5.78 Å². The number of ketones is 1. The van der Waals surface area contributed by atoms with Crippen molar-refractivity contribution in [3.05, 3.63) is 28.2 Å². The lowest BCUT2D eigenvalue weighted by Gasteiger charge is -2.50. The number of carbonyl (C=O) groups excluding carboxylic acids is 1. The first-order chi connectivity index (χ1) is 15.6. The van der Waals surface area contributed by atoms with Crippen molar-refractivity contribution < 1.29 is 19.1 Å². The number of aliphatic hydroxyl groups is 1. The second kappa shape index (κ2) is 8.00. The second-order valence-electron chi connectivity index (χ2n) is 12.4. The first-order valence-corrected chi connectivity index (χ1v) is 13.3.